The molecule has 0 spiro atoms. The maximum atomic E-state index is 12.7. The van der Waals surface area contributed by atoms with Crippen molar-refractivity contribution in [2.45, 2.75) is 25.4 Å². The molecule has 1 aromatic carbocycles. The third-order valence-electron chi connectivity index (χ3n) is 3.97. The van der Waals surface area contributed by atoms with Gasteiger partial charge in [0.2, 0.25) is 10.7 Å². The van der Waals surface area contributed by atoms with Crippen LogP contribution < -0.4 is 10.1 Å². The van der Waals surface area contributed by atoms with Crippen molar-refractivity contribution >= 4 is 28.1 Å². The van der Waals surface area contributed by atoms with E-state index >= 15 is 0 Å². The van der Waals surface area contributed by atoms with Crippen molar-refractivity contribution in [3.05, 3.63) is 34.8 Å². The second kappa shape index (κ2) is 7.79. The summed E-state index contributed by atoms with van der Waals surface area (Å²) in [5.41, 5.74) is 0.358. The number of carbonyl (C=O) groups excluding carboxylic acids is 1. The molecular formula is C17H20N4O4S. The van der Waals surface area contributed by atoms with Gasteiger partial charge in [0.1, 0.15) is 10.8 Å². The Morgan fingerprint density at radius 2 is 2.15 bits per heavy atom. The van der Waals surface area contributed by atoms with Crippen LogP contribution in [0.1, 0.15) is 23.9 Å². The summed E-state index contributed by atoms with van der Waals surface area (Å²) in [5.74, 6) is 0.368. The fraction of sp³-hybridized carbons (Fsp3) is 0.412. The zero-order valence-electron chi connectivity index (χ0n) is 14.8. The highest BCUT2D eigenvalue weighted by Crippen LogP contribution is 2.31. The monoisotopic (exact) mass is 376 g/mol. The van der Waals surface area contributed by atoms with Crippen LogP contribution in [0.4, 0.5) is 5.13 Å². The number of oxime groups is 1. The van der Waals surface area contributed by atoms with Crippen molar-refractivity contribution in [3.8, 4) is 5.75 Å². The number of anilines is 1. The maximum Gasteiger partial charge on any atom is 0.273 e. The Labute approximate surface area is 155 Å². The first-order chi connectivity index (χ1) is 12.6. The molecule has 2 aromatic rings. The number of methoxy groups -OCH3 is 2. The van der Waals surface area contributed by atoms with Crippen LogP contribution in [-0.4, -0.2) is 48.2 Å². The molecule has 1 N–H and O–H groups in total. The van der Waals surface area contributed by atoms with Crippen molar-refractivity contribution in [1.29, 1.82) is 0 Å². The summed E-state index contributed by atoms with van der Waals surface area (Å²) < 4.78 is 10.4. The first-order valence-electron chi connectivity index (χ1n) is 8.07. The quantitative estimate of drug-likeness (QED) is 0.796. The normalized spacial score (nSPS) is 19.0. The standard InChI is InChI=1S/C17H20N4O4S/c1-17(15(22)18-16-20-19-14(26-16)8-9-23-2)10-12(21-25-17)11-6-4-5-7-13(11)24-3/h4-7H,8-10H2,1-3H3,(H,18,20,22). The molecule has 1 aliphatic heterocycles. The van der Waals surface area contributed by atoms with Crippen molar-refractivity contribution in [1.82, 2.24) is 10.2 Å². The second-order valence-electron chi connectivity index (χ2n) is 5.94. The Kier molecular flexibility index (Phi) is 5.48. The van der Waals surface area contributed by atoms with Gasteiger partial charge in [-0.3, -0.25) is 10.1 Å². The molecule has 0 aliphatic carbocycles. The van der Waals surface area contributed by atoms with Crippen LogP contribution in [0.15, 0.2) is 29.4 Å². The molecule has 3 rings (SSSR count). The molecule has 0 bridgehead atoms. The maximum absolute atomic E-state index is 12.7. The van der Waals surface area contributed by atoms with Gasteiger partial charge in [0.05, 0.1) is 19.4 Å². The number of hydrogen-bond donors (Lipinski definition) is 1. The molecule has 9 heteroatoms. The molecule has 1 atom stereocenters. The Morgan fingerprint density at radius 1 is 1.35 bits per heavy atom. The average Bonchev–Trinajstić information content (AvgIpc) is 3.27. The van der Waals surface area contributed by atoms with Gasteiger partial charge in [-0.25, -0.2) is 0 Å². The van der Waals surface area contributed by atoms with E-state index in [1.165, 1.54) is 11.3 Å². The van der Waals surface area contributed by atoms with Crippen molar-refractivity contribution in [2.75, 3.05) is 26.1 Å². The highest BCUT2D eigenvalue weighted by molar-refractivity contribution is 7.15. The molecule has 0 radical (unpaired) electrons. The third-order valence-corrected chi connectivity index (χ3v) is 4.87. The smallest absolute Gasteiger partial charge is 0.273 e. The van der Waals surface area contributed by atoms with E-state index in [0.717, 1.165) is 10.6 Å². The number of carbonyl (C=O) groups is 1. The largest absolute Gasteiger partial charge is 0.496 e. The van der Waals surface area contributed by atoms with E-state index in [9.17, 15) is 4.79 Å². The predicted molar refractivity (Wildman–Crippen MR) is 97.8 cm³/mol. The molecule has 1 aromatic heterocycles. The molecule has 0 saturated carbocycles. The lowest BCUT2D eigenvalue weighted by molar-refractivity contribution is -0.135. The van der Waals surface area contributed by atoms with Gasteiger partial charge in [0.25, 0.3) is 5.91 Å². The lowest BCUT2D eigenvalue weighted by atomic mass is 9.95. The van der Waals surface area contributed by atoms with Gasteiger partial charge in [-0.2, -0.15) is 0 Å². The van der Waals surface area contributed by atoms with Crippen LogP contribution in [0.25, 0.3) is 0 Å². The molecule has 26 heavy (non-hydrogen) atoms. The van der Waals surface area contributed by atoms with E-state index in [2.05, 4.69) is 20.7 Å². The number of aromatic nitrogens is 2. The fourth-order valence-corrected chi connectivity index (χ4v) is 3.23. The summed E-state index contributed by atoms with van der Waals surface area (Å²) in [7, 11) is 3.22. The van der Waals surface area contributed by atoms with Crippen LogP contribution in [0.2, 0.25) is 0 Å². The Balaban J connectivity index is 1.66. The molecule has 138 valence electrons. The van der Waals surface area contributed by atoms with Gasteiger partial charge in [-0.05, 0) is 19.1 Å². The zero-order chi connectivity index (χ0) is 18.6. The first kappa shape index (κ1) is 18.3. The number of ether oxygens (including phenoxy) is 2. The summed E-state index contributed by atoms with van der Waals surface area (Å²) >= 11 is 1.31. The van der Waals surface area contributed by atoms with Crippen molar-refractivity contribution < 1.29 is 19.1 Å². The second-order valence-corrected chi connectivity index (χ2v) is 7.00. The van der Waals surface area contributed by atoms with Crippen LogP contribution in [0.5, 0.6) is 5.75 Å². The van der Waals surface area contributed by atoms with Crippen molar-refractivity contribution in [2.24, 2.45) is 5.16 Å². The molecule has 0 saturated heterocycles. The fourth-order valence-electron chi connectivity index (χ4n) is 2.51. The Bertz CT molecular complexity index is 823. The summed E-state index contributed by atoms with van der Waals surface area (Å²) in [6.45, 7) is 2.25. The average molecular weight is 376 g/mol. The molecule has 8 nitrogen and oxygen atoms in total. The number of rotatable bonds is 7. The van der Waals surface area contributed by atoms with Gasteiger partial charge in [-0.1, -0.05) is 28.6 Å². The molecule has 0 fully saturated rings. The van der Waals surface area contributed by atoms with Crippen LogP contribution in [0, 0.1) is 0 Å². The van der Waals surface area contributed by atoms with Crippen molar-refractivity contribution in [3.63, 3.8) is 0 Å². The van der Waals surface area contributed by atoms with Gasteiger partial charge in [0, 0.05) is 25.5 Å². The lowest BCUT2D eigenvalue weighted by Gasteiger charge is -2.19. The number of benzene rings is 1. The number of hydrogen-bond acceptors (Lipinski definition) is 8. The van der Waals surface area contributed by atoms with E-state index in [-0.39, 0.29) is 5.91 Å². The number of amides is 1. The highest BCUT2D eigenvalue weighted by Gasteiger charge is 2.43. The van der Waals surface area contributed by atoms with E-state index in [1.807, 2.05) is 24.3 Å². The summed E-state index contributed by atoms with van der Waals surface area (Å²) in [6, 6.07) is 7.49. The summed E-state index contributed by atoms with van der Waals surface area (Å²) in [4.78, 5) is 18.1. The van der Waals surface area contributed by atoms with Crippen LogP contribution in [-0.2, 0) is 20.8 Å². The summed E-state index contributed by atoms with van der Waals surface area (Å²) in [6.07, 6.45) is 0.980. The molecular weight excluding hydrogens is 356 g/mol. The zero-order valence-corrected chi connectivity index (χ0v) is 15.6. The molecule has 1 aliphatic rings. The molecule has 2 heterocycles. The van der Waals surface area contributed by atoms with Gasteiger partial charge in [-0.15, -0.1) is 10.2 Å². The van der Waals surface area contributed by atoms with Gasteiger partial charge < -0.3 is 14.3 Å². The Hall–Kier alpha value is -2.52. The lowest BCUT2D eigenvalue weighted by Crippen LogP contribution is -2.40. The topological polar surface area (TPSA) is 94.9 Å². The van der Waals surface area contributed by atoms with E-state index in [4.69, 9.17) is 14.3 Å². The number of nitrogens with one attached hydrogen (secondary N) is 1. The highest BCUT2D eigenvalue weighted by atomic mass is 32.1. The van der Waals surface area contributed by atoms with E-state index in [0.29, 0.717) is 36.0 Å². The number of nitrogens with zero attached hydrogens (tertiary/aromatic N) is 3. The minimum absolute atomic E-state index is 0.319. The van der Waals surface area contributed by atoms with Gasteiger partial charge >= 0.3 is 0 Å². The third kappa shape index (κ3) is 3.83. The Morgan fingerprint density at radius 3 is 2.92 bits per heavy atom. The number of para-hydroxylation sites is 1. The van der Waals surface area contributed by atoms with Crippen LogP contribution >= 0.6 is 11.3 Å². The SMILES string of the molecule is COCCc1nnc(NC(=O)C2(C)CC(c3ccccc3OC)=NO2)s1. The minimum atomic E-state index is -1.12. The first-order valence-corrected chi connectivity index (χ1v) is 8.88. The van der Waals surface area contributed by atoms with E-state index in [1.54, 1.807) is 21.1 Å². The predicted octanol–water partition coefficient (Wildman–Crippen LogP) is 2.26. The van der Waals surface area contributed by atoms with Crippen LogP contribution in [0.3, 0.4) is 0 Å². The van der Waals surface area contributed by atoms with Gasteiger partial charge in [0.15, 0.2) is 0 Å². The molecule has 1 amide bonds. The minimum Gasteiger partial charge on any atom is -0.496 e. The van der Waals surface area contributed by atoms with E-state index < -0.39 is 5.60 Å². The molecule has 1 unspecified atom stereocenters. The summed E-state index contributed by atoms with van der Waals surface area (Å²) in [5, 5.41) is 16.1.